The Morgan fingerprint density at radius 3 is 2.75 bits per heavy atom. The number of nitrogens with one attached hydrogen (secondary N) is 1. The summed E-state index contributed by atoms with van der Waals surface area (Å²) >= 11 is 5.45. The number of nitrogens with zero attached hydrogens (tertiary/aromatic N) is 2. The van der Waals surface area contributed by atoms with Crippen molar-refractivity contribution in [2.24, 2.45) is 5.92 Å². The molecule has 1 aromatic heterocycles. The molecule has 0 atom stereocenters. The van der Waals surface area contributed by atoms with Gasteiger partial charge in [0.05, 0.1) is 5.69 Å². The van der Waals surface area contributed by atoms with E-state index in [1.807, 2.05) is 22.8 Å². The molecule has 0 radical (unpaired) electrons. The lowest BCUT2D eigenvalue weighted by Crippen LogP contribution is -2.15. The molecule has 24 heavy (non-hydrogen) atoms. The molecule has 0 bridgehead atoms. The first-order valence-electron chi connectivity index (χ1n) is 8.87. The third kappa shape index (κ3) is 3.20. The van der Waals surface area contributed by atoms with Crippen LogP contribution in [0.2, 0.25) is 0 Å². The summed E-state index contributed by atoms with van der Waals surface area (Å²) in [6.07, 6.45) is 8.99. The van der Waals surface area contributed by atoms with E-state index >= 15 is 0 Å². The first-order valence-corrected chi connectivity index (χ1v) is 9.28. The maximum absolute atomic E-state index is 5.69. The second-order valence-corrected chi connectivity index (χ2v) is 7.04. The fourth-order valence-electron chi connectivity index (χ4n) is 3.74. The van der Waals surface area contributed by atoms with Crippen LogP contribution in [0.15, 0.2) is 18.2 Å². The Balaban J connectivity index is 1.56. The zero-order valence-electron chi connectivity index (χ0n) is 13.8. The summed E-state index contributed by atoms with van der Waals surface area (Å²) in [5, 5.41) is 7.41. The van der Waals surface area contributed by atoms with Crippen LogP contribution in [-0.4, -0.2) is 28.0 Å². The summed E-state index contributed by atoms with van der Waals surface area (Å²) in [5.41, 5.74) is 0.983. The van der Waals surface area contributed by atoms with Crippen molar-refractivity contribution in [2.75, 3.05) is 13.2 Å². The van der Waals surface area contributed by atoms with Gasteiger partial charge in [-0.1, -0.05) is 32.1 Å². The highest BCUT2D eigenvalue weighted by Gasteiger charge is 2.17. The van der Waals surface area contributed by atoms with Crippen molar-refractivity contribution >= 4 is 12.2 Å². The molecule has 0 spiro atoms. The number of aromatic nitrogens is 3. The van der Waals surface area contributed by atoms with Gasteiger partial charge in [-0.05, 0) is 36.7 Å². The van der Waals surface area contributed by atoms with Gasteiger partial charge in [0, 0.05) is 12.5 Å². The molecule has 1 aliphatic carbocycles. The molecule has 0 unspecified atom stereocenters. The van der Waals surface area contributed by atoms with Crippen molar-refractivity contribution < 1.29 is 9.47 Å². The van der Waals surface area contributed by atoms with Crippen LogP contribution in [0.4, 0.5) is 0 Å². The van der Waals surface area contributed by atoms with Gasteiger partial charge in [-0.2, -0.15) is 5.10 Å². The maximum atomic E-state index is 5.69. The third-order valence-electron chi connectivity index (χ3n) is 5.03. The smallest absolute Gasteiger partial charge is 0.199 e. The van der Waals surface area contributed by atoms with Gasteiger partial charge in [-0.15, -0.1) is 0 Å². The van der Waals surface area contributed by atoms with Crippen molar-refractivity contribution in [3.05, 3.63) is 28.8 Å². The predicted octanol–water partition coefficient (Wildman–Crippen LogP) is 4.21. The summed E-state index contributed by atoms with van der Waals surface area (Å²) < 4.78 is 13.9. The van der Waals surface area contributed by atoms with E-state index in [0.717, 1.165) is 35.3 Å². The number of benzene rings is 1. The number of hydrogen-bond acceptors (Lipinski definition) is 4. The van der Waals surface area contributed by atoms with Crippen molar-refractivity contribution in [2.45, 2.75) is 44.9 Å². The molecule has 0 amide bonds. The molecule has 1 N–H and O–H groups in total. The van der Waals surface area contributed by atoms with Gasteiger partial charge >= 0.3 is 0 Å². The van der Waals surface area contributed by atoms with E-state index in [4.69, 9.17) is 21.7 Å². The Morgan fingerprint density at radius 2 is 1.92 bits per heavy atom. The Bertz CT molecular complexity index is 762. The molecule has 128 valence electrons. The molecule has 2 aromatic rings. The molecule has 1 saturated carbocycles. The lowest BCUT2D eigenvalue weighted by atomic mass is 9.86. The summed E-state index contributed by atoms with van der Waals surface area (Å²) in [5.74, 6) is 3.41. The number of ether oxygens (including phenoxy) is 2. The normalized spacial score (nSPS) is 17.8. The Kier molecular flexibility index (Phi) is 4.56. The average molecular weight is 345 g/mol. The molecule has 6 heteroatoms. The molecule has 2 heterocycles. The molecule has 2 aliphatic rings. The number of H-pyrrole nitrogens is 1. The van der Waals surface area contributed by atoms with E-state index in [1.165, 1.54) is 38.5 Å². The van der Waals surface area contributed by atoms with Crippen LogP contribution in [0, 0.1) is 10.7 Å². The number of fused-ring (bicyclic) bond motifs is 1. The first kappa shape index (κ1) is 15.7. The molecular weight excluding hydrogens is 322 g/mol. The van der Waals surface area contributed by atoms with Crippen molar-refractivity contribution in [1.82, 2.24) is 14.8 Å². The monoisotopic (exact) mass is 345 g/mol. The SMILES string of the molecule is S=c1[nH]nc(CCC2CCCCC2)n1-c1ccc2c(c1)OCCO2. The number of aryl methyl sites for hydroxylation is 1. The Labute approximate surface area is 147 Å². The van der Waals surface area contributed by atoms with Gasteiger partial charge in [-0.25, -0.2) is 0 Å². The van der Waals surface area contributed by atoms with E-state index in [0.29, 0.717) is 18.0 Å². The molecule has 4 rings (SSSR count). The Hall–Kier alpha value is -1.82. The predicted molar refractivity (Wildman–Crippen MR) is 94.6 cm³/mol. The summed E-state index contributed by atoms with van der Waals surface area (Å²) in [6.45, 7) is 1.19. The van der Waals surface area contributed by atoms with E-state index in [1.54, 1.807) is 0 Å². The maximum Gasteiger partial charge on any atom is 0.199 e. The van der Waals surface area contributed by atoms with Crippen molar-refractivity contribution in [3.63, 3.8) is 0 Å². The molecule has 5 nitrogen and oxygen atoms in total. The minimum Gasteiger partial charge on any atom is -0.486 e. The number of hydrogen-bond donors (Lipinski definition) is 1. The quantitative estimate of drug-likeness (QED) is 0.843. The minimum atomic E-state index is 0.585. The van der Waals surface area contributed by atoms with Crippen LogP contribution >= 0.6 is 12.2 Å². The lowest BCUT2D eigenvalue weighted by molar-refractivity contribution is 0.171. The van der Waals surface area contributed by atoms with Gasteiger partial charge in [-0.3, -0.25) is 9.67 Å². The Morgan fingerprint density at radius 1 is 1.12 bits per heavy atom. The van der Waals surface area contributed by atoms with E-state index < -0.39 is 0 Å². The van der Waals surface area contributed by atoms with Crippen LogP contribution in [0.25, 0.3) is 5.69 Å². The van der Waals surface area contributed by atoms with Crippen LogP contribution in [0.5, 0.6) is 11.5 Å². The zero-order valence-corrected chi connectivity index (χ0v) is 14.6. The van der Waals surface area contributed by atoms with Gasteiger partial charge in [0.1, 0.15) is 19.0 Å². The molecule has 1 aliphatic heterocycles. The van der Waals surface area contributed by atoms with E-state index in [9.17, 15) is 0 Å². The minimum absolute atomic E-state index is 0.585. The summed E-state index contributed by atoms with van der Waals surface area (Å²) in [6, 6.07) is 5.95. The van der Waals surface area contributed by atoms with Gasteiger partial charge in [0.2, 0.25) is 0 Å². The first-order chi connectivity index (χ1) is 11.8. The fraction of sp³-hybridized carbons (Fsp3) is 0.556. The fourth-order valence-corrected chi connectivity index (χ4v) is 4.00. The van der Waals surface area contributed by atoms with Crippen LogP contribution in [0.1, 0.15) is 44.3 Å². The van der Waals surface area contributed by atoms with E-state index in [2.05, 4.69) is 10.2 Å². The average Bonchev–Trinajstić information content (AvgIpc) is 3.01. The van der Waals surface area contributed by atoms with Gasteiger partial charge in [0.15, 0.2) is 16.3 Å². The molecular formula is C18H23N3O2S. The second-order valence-electron chi connectivity index (χ2n) is 6.65. The highest BCUT2D eigenvalue weighted by Crippen LogP contribution is 2.33. The van der Waals surface area contributed by atoms with Crippen LogP contribution in [0.3, 0.4) is 0 Å². The van der Waals surface area contributed by atoms with Gasteiger partial charge < -0.3 is 9.47 Å². The highest BCUT2D eigenvalue weighted by molar-refractivity contribution is 7.71. The second kappa shape index (κ2) is 6.97. The molecule has 0 saturated heterocycles. The molecule has 1 aromatic carbocycles. The van der Waals surface area contributed by atoms with E-state index in [-0.39, 0.29) is 0 Å². The number of aromatic amines is 1. The topological polar surface area (TPSA) is 52.1 Å². The van der Waals surface area contributed by atoms with Crippen LogP contribution < -0.4 is 9.47 Å². The number of rotatable bonds is 4. The lowest BCUT2D eigenvalue weighted by Gasteiger charge is -2.21. The zero-order chi connectivity index (χ0) is 16.4. The van der Waals surface area contributed by atoms with Crippen molar-refractivity contribution in [1.29, 1.82) is 0 Å². The highest BCUT2D eigenvalue weighted by atomic mass is 32.1. The molecule has 1 fully saturated rings. The summed E-state index contributed by atoms with van der Waals surface area (Å²) in [7, 11) is 0. The third-order valence-corrected chi connectivity index (χ3v) is 5.30. The van der Waals surface area contributed by atoms with Crippen LogP contribution in [-0.2, 0) is 6.42 Å². The van der Waals surface area contributed by atoms with Gasteiger partial charge in [0.25, 0.3) is 0 Å². The standard InChI is InChI=1S/C18H23N3O2S/c24-18-20-19-17(9-6-13-4-2-1-3-5-13)21(18)14-7-8-15-16(12-14)23-11-10-22-15/h7-8,12-13H,1-6,9-11H2,(H,20,24). The summed E-state index contributed by atoms with van der Waals surface area (Å²) in [4.78, 5) is 0. The van der Waals surface area contributed by atoms with Crippen molar-refractivity contribution in [3.8, 4) is 17.2 Å². The largest absolute Gasteiger partial charge is 0.486 e.